The van der Waals surface area contributed by atoms with Crippen molar-refractivity contribution in [1.29, 1.82) is 0 Å². The maximum Gasteiger partial charge on any atom is 0.191 e. The van der Waals surface area contributed by atoms with E-state index in [4.69, 9.17) is 4.74 Å². The molecule has 0 aromatic heterocycles. The third-order valence-electron chi connectivity index (χ3n) is 3.45. The van der Waals surface area contributed by atoms with Gasteiger partial charge in [0.2, 0.25) is 0 Å². The molecule has 0 spiro atoms. The van der Waals surface area contributed by atoms with Crippen molar-refractivity contribution in [2.75, 3.05) is 20.7 Å². The summed E-state index contributed by atoms with van der Waals surface area (Å²) in [7, 11) is 3.17. The summed E-state index contributed by atoms with van der Waals surface area (Å²) < 4.78 is 18.6. The van der Waals surface area contributed by atoms with Crippen molar-refractivity contribution in [2.24, 2.45) is 4.99 Å². The maximum atomic E-state index is 13.6. The summed E-state index contributed by atoms with van der Waals surface area (Å²) in [5.41, 5.74) is 2.10. The van der Waals surface area contributed by atoms with Gasteiger partial charge in [-0.25, -0.2) is 4.39 Å². The summed E-state index contributed by atoms with van der Waals surface area (Å²) in [5, 5.41) is 6.41. The van der Waals surface area contributed by atoms with Crippen molar-refractivity contribution < 1.29 is 9.13 Å². The first-order valence-electron chi connectivity index (χ1n) is 7.54. The lowest BCUT2D eigenvalue weighted by Gasteiger charge is -2.12. The Kier molecular flexibility index (Phi) is 9.14. The number of hydrogen-bond donors (Lipinski definition) is 2. The first-order valence-corrected chi connectivity index (χ1v) is 7.54. The fraction of sp³-hybridized carbons (Fsp3) is 0.278. The number of rotatable bonds is 6. The van der Waals surface area contributed by atoms with Gasteiger partial charge in [-0.3, -0.25) is 4.99 Å². The Labute approximate surface area is 159 Å². The molecular formula is C18H23FIN3O. The highest BCUT2D eigenvalue weighted by atomic mass is 127. The van der Waals surface area contributed by atoms with Crippen LogP contribution in [0.25, 0.3) is 0 Å². The van der Waals surface area contributed by atoms with Crippen LogP contribution in [0.1, 0.15) is 11.1 Å². The monoisotopic (exact) mass is 443 g/mol. The number of ether oxygens (including phenoxy) is 1. The Balaban J connectivity index is 0.00000288. The van der Waals surface area contributed by atoms with Gasteiger partial charge in [-0.15, -0.1) is 24.0 Å². The van der Waals surface area contributed by atoms with Gasteiger partial charge in [0.05, 0.1) is 7.11 Å². The van der Waals surface area contributed by atoms with E-state index in [1.807, 2.05) is 24.3 Å². The fourth-order valence-corrected chi connectivity index (χ4v) is 2.20. The molecule has 6 heteroatoms. The molecular weight excluding hydrogens is 420 g/mol. The predicted octanol–water partition coefficient (Wildman–Crippen LogP) is 3.36. The smallest absolute Gasteiger partial charge is 0.191 e. The van der Waals surface area contributed by atoms with Crippen molar-refractivity contribution in [3.8, 4) is 5.75 Å². The Hall–Kier alpha value is -1.83. The standard InChI is InChI=1S/C18H22FN3O.HI/c1-20-18(21-11-10-14-6-4-3-5-7-14)22-13-15-8-9-17(23-2)16(19)12-15;/h3-9,12H,10-11,13H2,1-2H3,(H2,20,21,22);1H. The molecule has 0 heterocycles. The summed E-state index contributed by atoms with van der Waals surface area (Å²) in [6.07, 6.45) is 0.915. The zero-order valence-corrected chi connectivity index (χ0v) is 16.2. The number of aliphatic imine (C=N–C) groups is 1. The number of benzene rings is 2. The minimum absolute atomic E-state index is 0. The summed E-state index contributed by atoms with van der Waals surface area (Å²) in [4.78, 5) is 4.17. The normalized spacial score (nSPS) is 10.7. The van der Waals surface area contributed by atoms with Crippen LogP contribution in [-0.4, -0.2) is 26.7 Å². The van der Waals surface area contributed by atoms with Crippen LogP contribution >= 0.6 is 24.0 Å². The molecule has 0 radical (unpaired) electrons. The predicted molar refractivity (Wildman–Crippen MR) is 107 cm³/mol. The summed E-state index contributed by atoms with van der Waals surface area (Å²) in [5.74, 6) is 0.579. The van der Waals surface area contributed by atoms with Crippen LogP contribution in [0, 0.1) is 5.82 Å². The molecule has 4 nitrogen and oxygen atoms in total. The maximum absolute atomic E-state index is 13.6. The van der Waals surface area contributed by atoms with E-state index in [9.17, 15) is 4.39 Å². The van der Waals surface area contributed by atoms with Crippen LogP contribution in [0.4, 0.5) is 4.39 Å². The molecule has 0 unspecified atom stereocenters. The number of nitrogens with zero attached hydrogens (tertiary/aromatic N) is 1. The molecule has 0 aliphatic heterocycles. The Morgan fingerprint density at radius 3 is 2.46 bits per heavy atom. The van der Waals surface area contributed by atoms with Gasteiger partial charge in [-0.05, 0) is 29.7 Å². The molecule has 0 atom stereocenters. The Bertz CT molecular complexity index is 650. The first-order chi connectivity index (χ1) is 11.2. The molecule has 2 rings (SSSR count). The number of methoxy groups -OCH3 is 1. The van der Waals surface area contributed by atoms with E-state index in [0.717, 1.165) is 18.5 Å². The number of hydrogen-bond acceptors (Lipinski definition) is 2. The topological polar surface area (TPSA) is 45.7 Å². The third-order valence-corrected chi connectivity index (χ3v) is 3.45. The van der Waals surface area contributed by atoms with E-state index < -0.39 is 0 Å². The van der Waals surface area contributed by atoms with Gasteiger partial charge in [0.15, 0.2) is 17.5 Å². The molecule has 2 aromatic carbocycles. The van der Waals surface area contributed by atoms with Crippen molar-refractivity contribution in [2.45, 2.75) is 13.0 Å². The molecule has 2 N–H and O–H groups in total. The lowest BCUT2D eigenvalue weighted by molar-refractivity contribution is 0.386. The highest BCUT2D eigenvalue weighted by molar-refractivity contribution is 14.0. The quantitative estimate of drug-likeness (QED) is 0.409. The largest absolute Gasteiger partial charge is 0.494 e. The van der Waals surface area contributed by atoms with E-state index in [0.29, 0.717) is 12.5 Å². The molecule has 0 fully saturated rings. The van der Waals surface area contributed by atoms with Crippen molar-refractivity contribution in [3.63, 3.8) is 0 Å². The summed E-state index contributed by atoms with van der Waals surface area (Å²) in [6.45, 7) is 1.27. The van der Waals surface area contributed by atoms with Crippen molar-refractivity contribution in [1.82, 2.24) is 10.6 Å². The number of nitrogens with one attached hydrogen (secondary N) is 2. The van der Waals surface area contributed by atoms with Crippen molar-refractivity contribution >= 4 is 29.9 Å². The average molecular weight is 443 g/mol. The van der Waals surface area contributed by atoms with Crippen molar-refractivity contribution in [3.05, 3.63) is 65.5 Å². The molecule has 0 amide bonds. The molecule has 24 heavy (non-hydrogen) atoms. The second kappa shape index (κ2) is 10.9. The molecule has 0 saturated carbocycles. The van der Waals surface area contributed by atoms with Crippen LogP contribution < -0.4 is 15.4 Å². The summed E-state index contributed by atoms with van der Waals surface area (Å²) in [6, 6.07) is 15.2. The van der Waals surface area contributed by atoms with E-state index in [-0.39, 0.29) is 35.5 Å². The van der Waals surface area contributed by atoms with Gasteiger partial charge in [0.25, 0.3) is 0 Å². The second-order valence-corrected chi connectivity index (χ2v) is 5.06. The first kappa shape index (κ1) is 20.2. The Morgan fingerprint density at radius 1 is 1.08 bits per heavy atom. The number of halogens is 2. The average Bonchev–Trinajstić information content (AvgIpc) is 2.59. The molecule has 2 aromatic rings. The molecule has 130 valence electrons. The zero-order valence-electron chi connectivity index (χ0n) is 13.9. The minimum atomic E-state index is -0.362. The van der Waals surface area contributed by atoms with Gasteiger partial charge in [-0.2, -0.15) is 0 Å². The molecule has 0 aliphatic rings. The van der Waals surface area contributed by atoms with E-state index >= 15 is 0 Å². The Morgan fingerprint density at radius 2 is 1.83 bits per heavy atom. The van der Waals surface area contributed by atoms with E-state index in [1.165, 1.54) is 18.7 Å². The van der Waals surface area contributed by atoms with E-state index in [1.54, 1.807) is 13.1 Å². The number of guanidine groups is 1. The fourth-order valence-electron chi connectivity index (χ4n) is 2.20. The molecule has 0 aliphatic carbocycles. The minimum Gasteiger partial charge on any atom is -0.494 e. The second-order valence-electron chi connectivity index (χ2n) is 5.06. The lowest BCUT2D eigenvalue weighted by Crippen LogP contribution is -2.37. The van der Waals surface area contributed by atoms with Gasteiger partial charge < -0.3 is 15.4 Å². The van der Waals surface area contributed by atoms with Gasteiger partial charge in [0, 0.05) is 20.1 Å². The van der Waals surface area contributed by atoms with Crippen LogP contribution in [0.2, 0.25) is 0 Å². The third kappa shape index (κ3) is 6.35. The highest BCUT2D eigenvalue weighted by Crippen LogP contribution is 2.17. The SMILES string of the molecule is CN=C(NCCc1ccccc1)NCc1ccc(OC)c(F)c1.I. The van der Waals surface area contributed by atoms with Gasteiger partial charge in [0.1, 0.15) is 0 Å². The van der Waals surface area contributed by atoms with Crippen LogP contribution in [-0.2, 0) is 13.0 Å². The molecule has 0 saturated heterocycles. The lowest BCUT2D eigenvalue weighted by atomic mass is 10.1. The van der Waals surface area contributed by atoms with Crippen LogP contribution in [0.3, 0.4) is 0 Å². The summed E-state index contributed by atoms with van der Waals surface area (Å²) >= 11 is 0. The van der Waals surface area contributed by atoms with Crippen LogP contribution in [0.5, 0.6) is 5.75 Å². The molecule has 0 bridgehead atoms. The van der Waals surface area contributed by atoms with Crippen LogP contribution in [0.15, 0.2) is 53.5 Å². The zero-order chi connectivity index (χ0) is 16.5. The van der Waals surface area contributed by atoms with Gasteiger partial charge >= 0.3 is 0 Å². The highest BCUT2D eigenvalue weighted by Gasteiger charge is 2.04. The van der Waals surface area contributed by atoms with Gasteiger partial charge in [-0.1, -0.05) is 36.4 Å². The van der Waals surface area contributed by atoms with E-state index in [2.05, 4.69) is 27.8 Å².